The summed E-state index contributed by atoms with van der Waals surface area (Å²) in [6.07, 6.45) is 0. The average Bonchev–Trinajstić information content (AvgIpc) is 2.60. The molecular formula is C10H15B2FO4Si2. The molecule has 0 bridgehead atoms. The van der Waals surface area contributed by atoms with Crippen LogP contribution in [0.4, 0.5) is 4.39 Å². The lowest BCUT2D eigenvalue weighted by atomic mass is 9.73. The molecule has 0 spiro atoms. The van der Waals surface area contributed by atoms with Crippen molar-refractivity contribution >= 4 is 52.2 Å². The van der Waals surface area contributed by atoms with Gasteiger partial charge < -0.3 is 18.7 Å². The molecule has 0 atom stereocenters. The van der Waals surface area contributed by atoms with Crippen LogP contribution in [0.3, 0.4) is 0 Å². The molecule has 2 aliphatic heterocycles. The summed E-state index contributed by atoms with van der Waals surface area (Å²) < 4.78 is 26.0. The molecule has 9 heteroatoms. The molecule has 1 aromatic rings. The molecule has 0 aromatic heterocycles. The van der Waals surface area contributed by atoms with Crippen LogP contribution in [0.2, 0.25) is 26.2 Å². The number of benzene rings is 1. The summed E-state index contributed by atoms with van der Waals surface area (Å²) in [5, 5.41) is 20.9. The van der Waals surface area contributed by atoms with Gasteiger partial charge in [0, 0.05) is 10.4 Å². The average molecular weight is 296 g/mol. The minimum atomic E-state index is -2.44. The maximum Gasteiger partial charge on any atom is 0.480 e. The predicted octanol–water partition coefficient (Wildman–Crippen LogP) is -1.91. The van der Waals surface area contributed by atoms with E-state index in [0.717, 1.165) is 0 Å². The van der Waals surface area contributed by atoms with Gasteiger partial charge in [-0.05, 0) is 37.1 Å². The van der Waals surface area contributed by atoms with Crippen molar-refractivity contribution in [1.82, 2.24) is 0 Å². The third-order valence-corrected chi connectivity index (χ3v) is 8.93. The van der Waals surface area contributed by atoms with E-state index in [9.17, 15) is 14.4 Å². The Kier molecular flexibility index (Phi) is 2.71. The fraction of sp³-hybridized carbons (Fsp3) is 0.400. The molecule has 0 unspecified atom stereocenters. The SMILES string of the molecule is C[Si]1(C)OB(O)c2cc3c(c(F)c21)[Si](C)(C)OB3O. The first kappa shape index (κ1) is 13.5. The highest BCUT2D eigenvalue weighted by molar-refractivity contribution is 7.01. The van der Waals surface area contributed by atoms with Gasteiger partial charge in [-0.1, -0.05) is 6.07 Å². The van der Waals surface area contributed by atoms with Crippen LogP contribution in [0.15, 0.2) is 6.07 Å². The topological polar surface area (TPSA) is 58.9 Å². The second-order valence-corrected chi connectivity index (χ2v) is 13.6. The van der Waals surface area contributed by atoms with E-state index in [2.05, 4.69) is 0 Å². The molecule has 0 aliphatic carbocycles. The van der Waals surface area contributed by atoms with Crippen LogP contribution in [-0.4, -0.2) is 40.9 Å². The fourth-order valence-electron chi connectivity index (χ4n) is 3.11. The highest BCUT2D eigenvalue weighted by Crippen LogP contribution is 2.19. The van der Waals surface area contributed by atoms with Gasteiger partial charge in [0.1, 0.15) is 5.82 Å². The van der Waals surface area contributed by atoms with Gasteiger partial charge in [0.15, 0.2) is 0 Å². The first-order valence-corrected chi connectivity index (χ1v) is 12.1. The minimum absolute atomic E-state index is 0.339. The highest BCUT2D eigenvalue weighted by atomic mass is 28.4. The Morgan fingerprint density at radius 3 is 1.68 bits per heavy atom. The first-order valence-electron chi connectivity index (χ1n) is 6.24. The molecule has 0 radical (unpaired) electrons. The van der Waals surface area contributed by atoms with E-state index >= 15 is 0 Å². The van der Waals surface area contributed by atoms with Gasteiger partial charge in [-0.2, -0.15) is 0 Å². The zero-order chi connectivity index (χ0) is 14.2. The molecule has 2 aliphatic rings. The molecular weight excluding hydrogens is 281 g/mol. The van der Waals surface area contributed by atoms with Crippen molar-refractivity contribution in [3.05, 3.63) is 11.9 Å². The van der Waals surface area contributed by atoms with Gasteiger partial charge >= 0.3 is 14.2 Å². The molecule has 0 fully saturated rings. The van der Waals surface area contributed by atoms with E-state index in [1.54, 1.807) is 6.07 Å². The first-order chi connectivity index (χ1) is 8.65. The lowest BCUT2D eigenvalue weighted by Crippen LogP contribution is -2.56. The van der Waals surface area contributed by atoms with Crippen molar-refractivity contribution in [3.63, 3.8) is 0 Å². The van der Waals surface area contributed by atoms with Gasteiger partial charge in [-0.3, -0.25) is 0 Å². The van der Waals surface area contributed by atoms with Crippen LogP contribution in [0.1, 0.15) is 0 Å². The van der Waals surface area contributed by atoms with Crippen LogP contribution in [0.25, 0.3) is 0 Å². The highest BCUT2D eigenvalue weighted by Gasteiger charge is 2.52. The van der Waals surface area contributed by atoms with Crippen molar-refractivity contribution in [2.45, 2.75) is 26.2 Å². The third-order valence-electron chi connectivity index (χ3n) is 3.88. The minimum Gasteiger partial charge on any atom is -0.446 e. The van der Waals surface area contributed by atoms with Gasteiger partial charge in [0.25, 0.3) is 0 Å². The van der Waals surface area contributed by atoms with Gasteiger partial charge in [0.05, 0.1) is 0 Å². The van der Waals surface area contributed by atoms with Crippen LogP contribution in [0.5, 0.6) is 0 Å². The summed E-state index contributed by atoms with van der Waals surface area (Å²) >= 11 is 0. The molecule has 19 heavy (non-hydrogen) atoms. The second kappa shape index (κ2) is 3.81. The quantitative estimate of drug-likeness (QED) is 0.548. The Balaban J connectivity index is 2.34. The summed E-state index contributed by atoms with van der Waals surface area (Å²) in [5.41, 5.74) is 0.893. The molecule has 4 nitrogen and oxygen atoms in total. The van der Waals surface area contributed by atoms with E-state index in [-0.39, 0.29) is 5.82 Å². The van der Waals surface area contributed by atoms with Crippen molar-refractivity contribution in [2.75, 3.05) is 0 Å². The van der Waals surface area contributed by atoms with Crippen LogP contribution < -0.4 is 21.3 Å². The Labute approximate surface area is 114 Å². The summed E-state index contributed by atoms with van der Waals surface area (Å²) in [4.78, 5) is 0. The molecule has 100 valence electrons. The normalized spacial score (nSPS) is 22.7. The molecule has 0 saturated carbocycles. The standard InChI is InChI=1S/C10H15B2FO4Si2/c1-18(2)9-6(11(14)16-18)5-7-10(8(9)13)19(3,4)17-12(7)15/h5,14-15H,1-4H3. The largest absolute Gasteiger partial charge is 0.480 e. The second-order valence-electron chi connectivity index (χ2n) is 6.08. The van der Waals surface area contributed by atoms with Crippen LogP contribution >= 0.6 is 0 Å². The molecule has 0 saturated heterocycles. The Bertz CT molecular complexity index is 535. The summed E-state index contributed by atoms with van der Waals surface area (Å²) in [6.45, 7) is 7.44. The van der Waals surface area contributed by atoms with Gasteiger partial charge in [-0.25, -0.2) is 4.39 Å². The van der Waals surface area contributed by atoms with Crippen LogP contribution in [0, 0.1) is 5.82 Å². The zero-order valence-corrected chi connectivity index (χ0v) is 13.3. The van der Waals surface area contributed by atoms with Crippen molar-refractivity contribution in [3.8, 4) is 0 Å². The van der Waals surface area contributed by atoms with Gasteiger partial charge in [-0.15, -0.1) is 0 Å². The summed E-state index contributed by atoms with van der Waals surface area (Å²) in [5.74, 6) is -0.339. The zero-order valence-electron chi connectivity index (χ0n) is 11.3. The fourth-order valence-corrected chi connectivity index (χ4v) is 7.93. The maximum absolute atomic E-state index is 14.9. The monoisotopic (exact) mass is 296 g/mol. The number of rotatable bonds is 0. The number of halogens is 1. The van der Waals surface area contributed by atoms with E-state index in [1.165, 1.54) is 0 Å². The molecule has 0 amide bonds. The summed E-state index contributed by atoms with van der Waals surface area (Å²) in [7, 11) is -7.08. The molecule has 3 rings (SSSR count). The van der Waals surface area contributed by atoms with Crippen molar-refractivity contribution in [1.29, 1.82) is 0 Å². The Morgan fingerprint density at radius 2 is 1.32 bits per heavy atom. The summed E-state index contributed by atoms with van der Waals surface area (Å²) in [6, 6.07) is 1.65. The van der Waals surface area contributed by atoms with Crippen molar-refractivity contribution < 1.29 is 23.1 Å². The van der Waals surface area contributed by atoms with E-state index in [0.29, 0.717) is 21.3 Å². The maximum atomic E-state index is 14.9. The predicted molar refractivity (Wildman–Crippen MR) is 78.0 cm³/mol. The van der Waals surface area contributed by atoms with E-state index in [1.807, 2.05) is 26.2 Å². The Hall–Kier alpha value is -0.446. The molecule has 2 heterocycles. The van der Waals surface area contributed by atoms with Crippen LogP contribution in [-0.2, 0) is 8.69 Å². The molecule has 2 N–H and O–H groups in total. The lowest BCUT2D eigenvalue weighted by Gasteiger charge is -2.22. The van der Waals surface area contributed by atoms with E-state index in [4.69, 9.17) is 8.69 Å². The van der Waals surface area contributed by atoms with Crippen molar-refractivity contribution in [2.24, 2.45) is 0 Å². The van der Waals surface area contributed by atoms with Gasteiger partial charge in [0.2, 0.25) is 16.6 Å². The lowest BCUT2D eigenvalue weighted by molar-refractivity contribution is 0.440. The number of fused-ring (bicyclic) bond motifs is 2. The van der Waals surface area contributed by atoms with E-state index < -0.39 is 30.9 Å². The number of hydrogen-bond acceptors (Lipinski definition) is 4. The smallest absolute Gasteiger partial charge is 0.446 e. The molecule has 1 aromatic carbocycles. The number of hydrogen-bond donors (Lipinski definition) is 2. The Morgan fingerprint density at radius 1 is 0.947 bits per heavy atom. The third kappa shape index (κ3) is 1.73.